The Labute approximate surface area is 151 Å². The van der Waals surface area contributed by atoms with Gasteiger partial charge in [-0.15, -0.1) is 11.3 Å². The van der Waals surface area contributed by atoms with Gasteiger partial charge in [0.15, 0.2) is 9.84 Å². The van der Waals surface area contributed by atoms with Crippen molar-refractivity contribution in [3.8, 4) is 0 Å². The fourth-order valence-electron chi connectivity index (χ4n) is 3.87. The van der Waals surface area contributed by atoms with E-state index >= 15 is 0 Å². The summed E-state index contributed by atoms with van der Waals surface area (Å²) in [6.07, 6.45) is 5.71. The smallest absolute Gasteiger partial charge is 0.263 e. The molecule has 4 rings (SSSR count). The summed E-state index contributed by atoms with van der Waals surface area (Å²) in [4.78, 5) is 20.0. The fourth-order valence-corrected chi connectivity index (χ4v) is 6.80. The van der Waals surface area contributed by atoms with Gasteiger partial charge in [-0.1, -0.05) is 6.92 Å². The topological polar surface area (TPSA) is 81.1 Å². The number of nitrogens with one attached hydrogen (secondary N) is 1. The highest BCUT2D eigenvalue weighted by Gasteiger charge is 2.29. The maximum Gasteiger partial charge on any atom is 0.263 e. The largest absolute Gasteiger partial charge is 0.352 e. The van der Waals surface area contributed by atoms with Crippen LogP contribution in [0.5, 0.6) is 0 Å². The lowest BCUT2D eigenvalue weighted by Gasteiger charge is -2.17. The van der Waals surface area contributed by atoms with Crippen LogP contribution in [0, 0.1) is 0 Å². The van der Waals surface area contributed by atoms with Crippen molar-refractivity contribution >= 4 is 37.3 Å². The van der Waals surface area contributed by atoms with Gasteiger partial charge < -0.3 is 5.32 Å². The van der Waals surface area contributed by atoms with Gasteiger partial charge in [0.1, 0.15) is 4.83 Å². The van der Waals surface area contributed by atoms with Crippen molar-refractivity contribution in [1.29, 1.82) is 0 Å². The predicted molar refractivity (Wildman–Crippen MR) is 101 cm³/mol. The average molecular weight is 382 g/mol. The van der Waals surface area contributed by atoms with Gasteiger partial charge >= 0.3 is 0 Å². The van der Waals surface area contributed by atoms with Crippen LogP contribution in [-0.4, -0.2) is 35.5 Å². The monoisotopic (exact) mass is 381 g/mol. The first-order valence-electron chi connectivity index (χ1n) is 9.00. The molecule has 136 valence electrons. The van der Waals surface area contributed by atoms with Crippen molar-refractivity contribution in [2.24, 2.45) is 0 Å². The Balaban J connectivity index is 1.80. The molecular weight excluding hydrogens is 358 g/mol. The van der Waals surface area contributed by atoms with Crippen molar-refractivity contribution in [2.75, 3.05) is 16.8 Å². The van der Waals surface area contributed by atoms with Crippen LogP contribution in [0.25, 0.3) is 10.2 Å². The summed E-state index contributed by atoms with van der Waals surface area (Å²) in [6, 6.07) is -0.160. The predicted octanol–water partition coefficient (Wildman–Crippen LogP) is 2.35. The fraction of sp³-hybridized carbons (Fsp3) is 0.647. The second-order valence-corrected chi connectivity index (χ2v) is 10.3. The van der Waals surface area contributed by atoms with E-state index < -0.39 is 9.84 Å². The SMILES string of the molecule is CCCn1c(NC2CCS(=O)(=O)C2)nc2sc3c(c2c1=O)CCCC3. The van der Waals surface area contributed by atoms with Gasteiger partial charge in [-0.25, -0.2) is 13.4 Å². The Morgan fingerprint density at radius 3 is 2.84 bits per heavy atom. The molecular formula is C17H23N3O3S2. The van der Waals surface area contributed by atoms with E-state index in [1.54, 1.807) is 15.9 Å². The van der Waals surface area contributed by atoms with Crippen LogP contribution >= 0.6 is 11.3 Å². The molecule has 1 aliphatic heterocycles. The summed E-state index contributed by atoms with van der Waals surface area (Å²) in [6.45, 7) is 2.62. The van der Waals surface area contributed by atoms with Gasteiger partial charge in [0, 0.05) is 17.5 Å². The molecule has 1 saturated heterocycles. The quantitative estimate of drug-likeness (QED) is 0.879. The van der Waals surface area contributed by atoms with E-state index in [2.05, 4.69) is 5.32 Å². The van der Waals surface area contributed by atoms with Crippen LogP contribution in [0.2, 0.25) is 0 Å². The van der Waals surface area contributed by atoms with Crippen LogP contribution in [0.4, 0.5) is 5.95 Å². The number of nitrogens with zero attached hydrogens (tertiary/aromatic N) is 2. The second kappa shape index (κ2) is 6.39. The summed E-state index contributed by atoms with van der Waals surface area (Å²) >= 11 is 1.63. The van der Waals surface area contributed by atoms with Gasteiger partial charge in [0.2, 0.25) is 5.95 Å². The number of aromatic nitrogens is 2. The van der Waals surface area contributed by atoms with E-state index in [1.807, 2.05) is 6.92 Å². The van der Waals surface area contributed by atoms with Crippen LogP contribution in [0.15, 0.2) is 4.79 Å². The lowest BCUT2D eigenvalue weighted by Crippen LogP contribution is -2.30. The molecule has 0 spiro atoms. The van der Waals surface area contributed by atoms with E-state index in [1.165, 1.54) is 16.9 Å². The first-order valence-corrected chi connectivity index (χ1v) is 11.6. The average Bonchev–Trinajstić information content (AvgIpc) is 3.10. The molecule has 0 bridgehead atoms. The molecule has 1 unspecified atom stereocenters. The molecule has 0 saturated carbocycles. The van der Waals surface area contributed by atoms with Crippen LogP contribution < -0.4 is 10.9 Å². The number of thiophene rings is 1. The Morgan fingerprint density at radius 2 is 2.12 bits per heavy atom. The molecule has 6 nitrogen and oxygen atoms in total. The van der Waals surface area contributed by atoms with Gasteiger partial charge in [-0.3, -0.25) is 9.36 Å². The zero-order valence-corrected chi connectivity index (χ0v) is 16.0. The van der Waals surface area contributed by atoms with Crippen molar-refractivity contribution in [2.45, 2.75) is 58.0 Å². The standard InChI is InChI=1S/C17H23N3O3S2/c1-2-8-20-16(21)14-12-5-3-4-6-13(12)24-15(14)19-17(20)18-11-7-9-25(22,23)10-11/h11H,2-10H2,1H3,(H,18,19). The normalized spacial score (nSPS) is 22.2. The maximum atomic E-state index is 13.1. The number of hydrogen-bond acceptors (Lipinski definition) is 6. The van der Waals surface area contributed by atoms with Crippen molar-refractivity contribution in [3.63, 3.8) is 0 Å². The van der Waals surface area contributed by atoms with Crippen molar-refractivity contribution in [3.05, 3.63) is 20.8 Å². The third-order valence-corrected chi connectivity index (χ3v) is 8.04. The highest BCUT2D eigenvalue weighted by atomic mass is 32.2. The molecule has 1 N–H and O–H groups in total. The lowest BCUT2D eigenvalue weighted by molar-refractivity contribution is 0.601. The molecule has 0 aromatic carbocycles. The van der Waals surface area contributed by atoms with Gasteiger partial charge in [0.05, 0.1) is 16.9 Å². The third-order valence-electron chi connectivity index (χ3n) is 5.09. The molecule has 3 heterocycles. The zero-order valence-electron chi connectivity index (χ0n) is 14.4. The Hall–Kier alpha value is -1.41. The molecule has 1 aliphatic carbocycles. The first-order chi connectivity index (χ1) is 12.0. The van der Waals surface area contributed by atoms with Gasteiger partial charge in [0.25, 0.3) is 5.56 Å². The van der Waals surface area contributed by atoms with Gasteiger partial charge in [-0.05, 0) is 44.1 Å². The highest BCUT2D eigenvalue weighted by Crippen LogP contribution is 2.34. The van der Waals surface area contributed by atoms with E-state index in [0.717, 1.165) is 35.9 Å². The highest BCUT2D eigenvalue weighted by molar-refractivity contribution is 7.91. The Kier molecular flexibility index (Phi) is 4.35. The molecule has 1 atom stereocenters. The second-order valence-electron chi connectivity index (χ2n) is 7.03. The third kappa shape index (κ3) is 3.10. The summed E-state index contributed by atoms with van der Waals surface area (Å²) in [5, 5.41) is 4.03. The van der Waals surface area contributed by atoms with E-state index in [4.69, 9.17) is 4.98 Å². The molecule has 1 fully saturated rings. The Morgan fingerprint density at radius 1 is 1.32 bits per heavy atom. The molecule has 25 heavy (non-hydrogen) atoms. The summed E-state index contributed by atoms with van der Waals surface area (Å²) < 4.78 is 25.2. The molecule has 2 aliphatic rings. The molecule has 8 heteroatoms. The van der Waals surface area contributed by atoms with Crippen LogP contribution in [0.1, 0.15) is 43.0 Å². The molecule has 0 amide bonds. The number of hydrogen-bond donors (Lipinski definition) is 1. The summed E-state index contributed by atoms with van der Waals surface area (Å²) in [7, 11) is -2.97. The minimum atomic E-state index is -2.97. The number of fused-ring (bicyclic) bond motifs is 3. The summed E-state index contributed by atoms with van der Waals surface area (Å²) in [5.74, 6) is 0.853. The first kappa shape index (κ1) is 17.0. The number of rotatable bonds is 4. The lowest BCUT2D eigenvalue weighted by atomic mass is 9.97. The van der Waals surface area contributed by atoms with Crippen LogP contribution in [-0.2, 0) is 29.2 Å². The summed E-state index contributed by atoms with van der Waals surface area (Å²) in [5.41, 5.74) is 1.22. The van der Waals surface area contributed by atoms with Crippen LogP contribution in [0.3, 0.4) is 0 Å². The number of anilines is 1. The minimum Gasteiger partial charge on any atom is -0.352 e. The van der Waals surface area contributed by atoms with E-state index in [9.17, 15) is 13.2 Å². The zero-order chi connectivity index (χ0) is 17.6. The molecule has 0 radical (unpaired) electrons. The molecule has 2 aromatic rings. The maximum absolute atomic E-state index is 13.1. The number of aryl methyl sites for hydroxylation is 2. The van der Waals surface area contributed by atoms with Gasteiger partial charge in [-0.2, -0.15) is 0 Å². The van der Waals surface area contributed by atoms with Crippen molar-refractivity contribution in [1.82, 2.24) is 9.55 Å². The minimum absolute atomic E-state index is 0.0228. The molecule has 2 aromatic heterocycles. The number of sulfone groups is 1. The Bertz CT molecular complexity index is 975. The van der Waals surface area contributed by atoms with Crippen molar-refractivity contribution < 1.29 is 8.42 Å². The van der Waals surface area contributed by atoms with E-state index in [0.29, 0.717) is 18.9 Å². The van der Waals surface area contributed by atoms with E-state index in [-0.39, 0.29) is 23.1 Å².